The quantitative estimate of drug-likeness (QED) is 0.625. The van der Waals surface area contributed by atoms with Crippen LogP contribution in [0.1, 0.15) is 46.5 Å². The summed E-state index contributed by atoms with van der Waals surface area (Å²) in [6, 6.07) is 0. The smallest absolute Gasteiger partial charge is 0.0589 e. The van der Waals surface area contributed by atoms with E-state index >= 15 is 0 Å². The van der Waals surface area contributed by atoms with Crippen LogP contribution in [0.4, 0.5) is 0 Å². The lowest BCUT2D eigenvalue weighted by molar-refractivity contribution is 0.0534. The second-order valence-electron chi connectivity index (χ2n) is 4.46. The molecule has 0 heterocycles. The van der Waals surface area contributed by atoms with E-state index in [0.29, 0.717) is 0 Å². The van der Waals surface area contributed by atoms with Crippen LogP contribution in [0.25, 0.3) is 0 Å². The summed E-state index contributed by atoms with van der Waals surface area (Å²) in [7, 11) is 1.76. The van der Waals surface area contributed by atoms with Crippen molar-refractivity contribution in [3.8, 4) is 0 Å². The van der Waals surface area contributed by atoms with Crippen LogP contribution in [0.5, 0.6) is 0 Å². The van der Waals surface area contributed by atoms with Gasteiger partial charge >= 0.3 is 0 Å². The largest absolute Gasteiger partial charge is 0.383 e. The van der Waals surface area contributed by atoms with Gasteiger partial charge < -0.3 is 10.5 Å². The standard InChI is InChI=1S/C13H30N2O/c1-5-8-9-13(6-2,12-14)15(7-3)10-11-16-4/h5-12,14H2,1-4H3. The van der Waals surface area contributed by atoms with Gasteiger partial charge in [0, 0.05) is 25.7 Å². The van der Waals surface area contributed by atoms with Gasteiger partial charge in [-0.3, -0.25) is 4.90 Å². The molecule has 0 spiro atoms. The minimum Gasteiger partial charge on any atom is -0.383 e. The number of ether oxygens (including phenoxy) is 1. The summed E-state index contributed by atoms with van der Waals surface area (Å²) in [5, 5.41) is 0. The Bertz CT molecular complexity index is 158. The predicted octanol–water partition coefficient (Wildman–Crippen LogP) is 2.25. The lowest BCUT2D eigenvalue weighted by Crippen LogP contribution is -2.54. The van der Waals surface area contributed by atoms with Gasteiger partial charge in [0.05, 0.1) is 6.61 Å². The van der Waals surface area contributed by atoms with Crippen molar-refractivity contribution in [2.75, 3.05) is 33.4 Å². The molecule has 0 saturated heterocycles. The summed E-state index contributed by atoms with van der Waals surface area (Å²) < 4.78 is 5.18. The van der Waals surface area contributed by atoms with Gasteiger partial charge in [-0.15, -0.1) is 0 Å². The fraction of sp³-hybridized carbons (Fsp3) is 1.00. The van der Waals surface area contributed by atoms with E-state index < -0.39 is 0 Å². The fourth-order valence-electron chi connectivity index (χ4n) is 2.37. The molecule has 16 heavy (non-hydrogen) atoms. The molecule has 0 radical (unpaired) electrons. The first-order valence-electron chi connectivity index (χ1n) is 6.64. The van der Waals surface area contributed by atoms with Crippen LogP contribution >= 0.6 is 0 Å². The Labute approximate surface area is 101 Å². The van der Waals surface area contributed by atoms with E-state index in [4.69, 9.17) is 10.5 Å². The maximum atomic E-state index is 6.02. The Morgan fingerprint density at radius 2 is 1.94 bits per heavy atom. The first-order valence-corrected chi connectivity index (χ1v) is 6.64. The summed E-state index contributed by atoms with van der Waals surface area (Å²) in [6.07, 6.45) is 4.83. The van der Waals surface area contributed by atoms with Crippen molar-refractivity contribution in [1.29, 1.82) is 0 Å². The maximum Gasteiger partial charge on any atom is 0.0589 e. The molecule has 0 aliphatic carbocycles. The molecule has 1 unspecified atom stereocenters. The highest BCUT2D eigenvalue weighted by Gasteiger charge is 2.31. The number of hydrogen-bond donors (Lipinski definition) is 1. The molecule has 0 rings (SSSR count). The zero-order chi connectivity index (χ0) is 12.4. The third-order valence-corrected chi connectivity index (χ3v) is 3.65. The van der Waals surface area contributed by atoms with Gasteiger partial charge in [-0.1, -0.05) is 33.6 Å². The number of nitrogens with zero attached hydrogens (tertiary/aromatic N) is 1. The van der Waals surface area contributed by atoms with Gasteiger partial charge in [0.25, 0.3) is 0 Å². The van der Waals surface area contributed by atoms with Crippen LogP contribution in [0.2, 0.25) is 0 Å². The highest BCUT2D eigenvalue weighted by Crippen LogP contribution is 2.25. The molecule has 0 aromatic rings. The van der Waals surface area contributed by atoms with Gasteiger partial charge in [0.15, 0.2) is 0 Å². The predicted molar refractivity (Wildman–Crippen MR) is 70.7 cm³/mol. The topological polar surface area (TPSA) is 38.5 Å². The molecule has 0 bridgehead atoms. The molecule has 0 aromatic heterocycles. The van der Waals surface area contributed by atoms with Gasteiger partial charge in [-0.25, -0.2) is 0 Å². The molecular formula is C13H30N2O. The second kappa shape index (κ2) is 8.97. The average molecular weight is 230 g/mol. The third kappa shape index (κ3) is 4.40. The zero-order valence-corrected chi connectivity index (χ0v) is 11.6. The second-order valence-corrected chi connectivity index (χ2v) is 4.46. The first kappa shape index (κ1) is 15.9. The number of hydrogen-bond acceptors (Lipinski definition) is 3. The molecule has 0 amide bonds. The van der Waals surface area contributed by atoms with E-state index in [1.54, 1.807) is 7.11 Å². The lowest BCUT2D eigenvalue weighted by Gasteiger charge is -2.42. The van der Waals surface area contributed by atoms with Gasteiger partial charge in [-0.2, -0.15) is 0 Å². The van der Waals surface area contributed by atoms with Crippen molar-refractivity contribution in [1.82, 2.24) is 4.90 Å². The van der Waals surface area contributed by atoms with E-state index in [2.05, 4.69) is 25.7 Å². The van der Waals surface area contributed by atoms with Crippen LogP contribution < -0.4 is 5.73 Å². The maximum absolute atomic E-state index is 6.02. The number of methoxy groups -OCH3 is 1. The number of likely N-dealkylation sites (N-methyl/N-ethyl adjacent to an activating group) is 1. The summed E-state index contributed by atoms with van der Waals surface area (Å²) in [6.45, 7) is 10.3. The van der Waals surface area contributed by atoms with Crippen molar-refractivity contribution >= 4 is 0 Å². The lowest BCUT2D eigenvalue weighted by atomic mass is 9.87. The fourth-order valence-corrected chi connectivity index (χ4v) is 2.37. The molecule has 0 aliphatic heterocycles. The molecule has 2 N–H and O–H groups in total. The van der Waals surface area contributed by atoms with Crippen LogP contribution in [0.3, 0.4) is 0 Å². The SMILES string of the molecule is CCCCC(CC)(CN)N(CC)CCOC. The normalized spacial score (nSPS) is 15.4. The first-order chi connectivity index (χ1) is 7.70. The van der Waals surface area contributed by atoms with E-state index in [9.17, 15) is 0 Å². The number of nitrogens with two attached hydrogens (primary N) is 1. The molecular weight excluding hydrogens is 200 g/mol. The Balaban J connectivity index is 4.53. The van der Waals surface area contributed by atoms with Crippen LogP contribution in [0.15, 0.2) is 0 Å². The minimum atomic E-state index is 0.184. The van der Waals surface area contributed by atoms with Crippen molar-refractivity contribution < 1.29 is 4.74 Å². The molecule has 3 heteroatoms. The number of rotatable bonds is 10. The summed E-state index contributed by atoms with van der Waals surface area (Å²) in [5.41, 5.74) is 6.21. The van der Waals surface area contributed by atoms with Gasteiger partial charge in [0.2, 0.25) is 0 Å². The van der Waals surface area contributed by atoms with Crippen molar-refractivity contribution in [3.05, 3.63) is 0 Å². The zero-order valence-electron chi connectivity index (χ0n) is 11.6. The Hall–Kier alpha value is -0.120. The molecule has 1 atom stereocenters. The number of unbranched alkanes of at least 4 members (excludes halogenated alkanes) is 1. The van der Waals surface area contributed by atoms with Crippen LogP contribution in [0, 0.1) is 0 Å². The van der Waals surface area contributed by atoms with E-state index in [-0.39, 0.29) is 5.54 Å². The summed E-state index contributed by atoms with van der Waals surface area (Å²) >= 11 is 0. The summed E-state index contributed by atoms with van der Waals surface area (Å²) in [4.78, 5) is 2.49. The molecule has 0 saturated carbocycles. The van der Waals surface area contributed by atoms with E-state index in [1.165, 1.54) is 19.3 Å². The van der Waals surface area contributed by atoms with Crippen LogP contribution in [-0.2, 0) is 4.74 Å². The minimum absolute atomic E-state index is 0.184. The highest BCUT2D eigenvalue weighted by molar-refractivity contribution is 4.90. The monoisotopic (exact) mass is 230 g/mol. The van der Waals surface area contributed by atoms with E-state index in [1.807, 2.05) is 0 Å². The third-order valence-electron chi connectivity index (χ3n) is 3.65. The Kier molecular flexibility index (Phi) is 8.90. The van der Waals surface area contributed by atoms with E-state index in [0.717, 1.165) is 32.7 Å². The highest BCUT2D eigenvalue weighted by atomic mass is 16.5. The van der Waals surface area contributed by atoms with Gasteiger partial charge in [-0.05, 0) is 19.4 Å². The molecule has 98 valence electrons. The van der Waals surface area contributed by atoms with Crippen LogP contribution in [-0.4, -0.2) is 43.8 Å². The van der Waals surface area contributed by atoms with Gasteiger partial charge in [0.1, 0.15) is 0 Å². The molecule has 0 aliphatic rings. The van der Waals surface area contributed by atoms with Crippen molar-refractivity contribution in [3.63, 3.8) is 0 Å². The average Bonchev–Trinajstić information content (AvgIpc) is 2.34. The molecule has 0 aromatic carbocycles. The molecule has 0 fully saturated rings. The van der Waals surface area contributed by atoms with Crippen molar-refractivity contribution in [2.45, 2.75) is 52.0 Å². The Morgan fingerprint density at radius 3 is 2.31 bits per heavy atom. The summed E-state index contributed by atoms with van der Waals surface area (Å²) in [5.74, 6) is 0. The van der Waals surface area contributed by atoms with Crippen molar-refractivity contribution in [2.24, 2.45) is 5.73 Å². The Morgan fingerprint density at radius 1 is 1.25 bits per heavy atom. The molecule has 3 nitrogen and oxygen atoms in total.